The second kappa shape index (κ2) is 8.67. The number of hydrogen-bond acceptors (Lipinski definition) is 3. The highest BCUT2D eigenvalue weighted by molar-refractivity contribution is 5.94. The Hall–Kier alpha value is -2.33. The summed E-state index contributed by atoms with van der Waals surface area (Å²) in [5, 5.41) is 3.07. The molecule has 1 fully saturated rings. The van der Waals surface area contributed by atoms with Gasteiger partial charge in [-0.15, -0.1) is 0 Å². The predicted molar refractivity (Wildman–Crippen MR) is 99.8 cm³/mol. The zero-order valence-corrected chi connectivity index (χ0v) is 14.8. The molecule has 1 aliphatic rings. The third-order valence-corrected chi connectivity index (χ3v) is 4.86. The van der Waals surface area contributed by atoms with Crippen LogP contribution in [0, 0.1) is 5.92 Å². The van der Waals surface area contributed by atoms with E-state index in [1.807, 2.05) is 12.1 Å². The molecule has 4 nitrogen and oxygen atoms in total. The summed E-state index contributed by atoms with van der Waals surface area (Å²) in [4.78, 5) is 14.7. The van der Waals surface area contributed by atoms with Gasteiger partial charge in [0.2, 0.25) is 0 Å². The number of likely N-dealkylation sites (tertiary alicyclic amines) is 1. The van der Waals surface area contributed by atoms with Gasteiger partial charge >= 0.3 is 0 Å². The highest BCUT2D eigenvalue weighted by Crippen LogP contribution is 2.19. The molecule has 0 bridgehead atoms. The minimum Gasteiger partial charge on any atom is -0.497 e. The van der Waals surface area contributed by atoms with Crippen LogP contribution in [-0.2, 0) is 6.54 Å². The largest absolute Gasteiger partial charge is 0.497 e. The van der Waals surface area contributed by atoms with E-state index < -0.39 is 0 Å². The van der Waals surface area contributed by atoms with Crippen molar-refractivity contribution in [3.8, 4) is 5.75 Å². The summed E-state index contributed by atoms with van der Waals surface area (Å²) >= 11 is 0. The minimum atomic E-state index is -0.00521. The fourth-order valence-corrected chi connectivity index (χ4v) is 3.27. The summed E-state index contributed by atoms with van der Waals surface area (Å²) in [6, 6.07) is 17.8. The van der Waals surface area contributed by atoms with Gasteiger partial charge < -0.3 is 10.1 Å². The molecular formula is C21H26N2O2. The van der Waals surface area contributed by atoms with Crippen molar-refractivity contribution < 1.29 is 9.53 Å². The van der Waals surface area contributed by atoms with Gasteiger partial charge in [0, 0.05) is 18.7 Å². The van der Waals surface area contributed by atoms with Crippen LogP contribution >= 0.6 is 0 Å². The van der Waals surface area contributed by atoms with E-state index in [1.165, 1.54) is 5.56 Å². The third-order valence-electron chi connectivity index (χ3n) is 4.86. The molecule has 1 amide bonds. The Morgan fingerprint density at radius 3 is 2.40 bits per heavy atom. The van der Waals surface area contributed by atoms with E-state index in [9.17, 15) is 4.79 Å². The standard InChI is InChI=1S/C21H26N2O2/c1-25-20-9-7-19(8-10-20)21(24)22-15-17-11-13-23(14-12-17)16-18-5-3-2-4-6-18/h2-10,17H,11-16H2,1H3,(H,22,24). The Kier molecular flexibility index (Phi) is 6.07. The van der Waals surface area contributed by atoms with Gasteiger partial charge in [-0.05, 0) is 61.7 Å². The fraction of sp³-hybridized carbons (Fsp3) is 0.381. The van der Waals surface area contributed by atoms with E-state index in [4.69, 9.17) is 4.74 Å². The number of benzene rings is 2. The number of amides is 1. The molecule has 0 aromatic heterocycles. The average Bonchev–Trinajstić information content (AvgIpc) is 2.68. The van der Waals surface area contributed by atoms with Crippen LogP contribution in [-0.4, -0.2) is 37.6 Å². The molecule has 1 heterocycles. The van der Waals surface area contributed by atoms with Gasteiger partial charge in [-0.25, -0.2) is 0 Å². The van der Waals surface area contributed by atoms with Crippen molar-refractivity contribution >= 4 is 5.91 Å². The molecule has 0 spiro atoms. The molecule has 0 saturated carbocycles. The first-order valence-electron chi connectivity index (χ1n) is 8.93. The lowest BCUT2D eigenvalue weighted by molar-refractivity contribution is 0.0935. The van der Waals surface area contributed by atoms with Crippen LogP contribution in [0.3, 0.4) is 0 Å². The Labute approximate surface area is 149 Å². The maximum Gasteiger partial charge on any atom is 0.251 e. The molecule has 0 aliphatic carbocycles. The molecule has 3 rings (SSSR count). The molecule has 2 aromatic carbocycles. The Morgan fingerprint density at radius 1 is 1.08 bits per heavy atom. The van der Waals surface area contributed by atoms with Gasteiger partial charge in [0.25, 0.3) is 5.91 Å². The molecule has 25 heavy (non-hydrogen) atoms. The number of carbonyl (C=O) groups excluding carboxylic acids is 1. The van der Waals surface area contributed by atoms with E-state index in [0.717, 1.165) is 44.8 Å². The topological polar surface area (TPSA) is 41.6 Å². The summed E-state index contributed by atoms with van der Waals surface area (Å²) in [7, 11) is 1.62. The summed E-state index contributed by atoms with van der Waals surface area (Å²) in [6.07, 6.45) is 2.27. The van der Waals surface area contributed by atoms with Crippen molar-refractivity contribution in [3.63, 3.8) is 0 Å². The van der Waals surface area contributed by atoms with Crippen LogP contribution < -0.4 is 10.1 Å². The Morgan fingerprint density at radius 2 is 1.76 bits per heavy atom. The summed E-state index contributed by atoms with van der Waals surface area (Å²) in [5.74, 6) is 1.32. The van der Waals surface area contributed by atoms with Crippen LogP contribution in [0.2, 0.25) is 0 Å². The molecule has 132 valence electrons. The van der Waals surface area contributed by atoms with Gasteiger partial charge in [-0.1, -0.05) is 30.3 Å². The van der Waals surface area contributed by atoms with Crippen molar-refractivity contribution in [2.75, 3.05) is 26.7 Å². The summed E-state index contributed by atoms with van der Waals surface area (Å²) in [6.45, 7) is 3.96. The molecule has 1 saturated heterocycles. The zero-order chi connectivity index (χ0) is 17.5. The van der Waals surface area contributed by atoms with E-state index in [-0.39, 0.29) is 5.91 Å². The molecular weight excluding hydrogens is 312 g/mol. The SMILES string of the molecule is COc1ccc(C(=O)NCC2CCN(Cc3ccccc3)CC2)cc1. The second-order valence-electron chi connectivity index (χ2n) is 6.64. The molecule has 4 heteroatoms. The smallest absolute Gasteiger partial charge is 0.251 e. The van der Waals surface area contributed by atoms with E-state index >= 15 is 0 Å². The Bertz CT molecular complexity index is 662. The van der Waals surface area contributed by atoms with Crippen LogP contribution in [0.5, 0.6) is 5.75 Å². The van der Waals surface area contributed by atoms with Crippen LogP contribution in [0.4, 0.5) is 0 Å². The lowest BCUT2D eigenvalue weighted by Crippen LogP contribution is -2.38. The minimum absolute atomic E-state index is 0.00521. The third kappa shape index (κ3) is 5.07. The number of nitrogens with zero attached hydrogens (tertiary/aromatic N) is 1. The van der Waals surface area contributed by atoms with Gasteiger partial charge in [0.15, 0.2) is 0 Å². The number of piperidine rings is 1. The molecule has 0 radical (unpaired) electrons. The highest BCUT2D eigenvalue weighted by Gasteiger charge is 2.20. The number of ether oxygens (including phenoxy) is 1. The van der Waals surface area contributed by atoms with Crippen molar-refractivity contribution in [1.29, 1.82) is 0 Å². The average molecular weight is 338 g/mol. The van der Waals surface area contributed by atoms with E-state index in [0.29, 0.717) is 11.5 Å². The van der Waals surface area contributed by atoms with E-state index in [2.05, 4.69) is 40.5 Å². The molecule has 2 aromatic rings. The number of rotatable bonds is 6. The van der Waals surface area contributed by atoms with Gasteiger partial charge in [0.1, 0.15) is 5.75 Å². The van der Waals surface area contributed by atoms with Gasteiger partial charge in [-0.2, -0.15) is 0 Å². The van der Waals surface area contributed by atoms with Crippen molar-refractivity contribution in [1.82, 2.24) is 10.2 Å². The number of hydrogen-bond donors (Lipinski definition) is 1. The fourth-order valence-electron chi connectivity index (χ4n) is 3.27. The maximum absolute atomic E-state index is 12.2. The van der Waals surface area contributed by atoms with Crippen LogP contribution in [0.25, 0.3) is 0 Å². The predicted octanol–water partition coefficient (Wildman–Crippen LogP) is 3.34. The lowest BCUT2D eigenvalue weighted by atomic mass is 9.96. The van der Waals surface area contributed by atoms with E-state index in [1.54, 1.807) is 19.2 Å². The first kappa shape index (κ1) is 17.5. The Balaban J connectivity index is 1.40. The highest BCUT2D eigenvalue weighted by atomic mass is 16.5. The maximum atomic E-state index is 12.2. The van der Waals surface area contributed by atoms with Crippen molar-refractivity contribution in [2.24, 2.45) is 5.92 Å². The molecule has 1 aliphatic heterocycles. The summed E-state index contributed by atoms with van der Waals surface area (Å²) in [5.41, 5.74) is 2.05. The molecule has 0 atom stereocenters. The van der Waals surface area contributed by atoms with Gasteiger partial charge in [0.05, 0.1) is 7.11 Å². The monoisotopic (exact) mass is 338 g/mol. The second-order valence-corrected chi connectivity index (χ2v) is 6.64. The molecule has 1 N–H and O–H groups in total. The normalized spacial score (nSPS) is 15.7. The van der Waals surface area contributed by atoms with Crippen LogP contribution in [0.1, 0.15) is 28.8 Å². The zero-order valence-electron chi connectivity index (χ0n) is 14.8. The first-order chi connectivity index (χ1) is 12.2. The van der Waals surface area contributed by atoms with Crippen LogP contribution in [0.15, 0.2) is 54.6 Å². The lowest BCUT2D eigenvalue weighted by Gasteiger charge is -2.32. The summed E-state index contributed by atoms with van der Waals surface area (Å²) < 4.78 is 5.12. The number of carbonyl (C=O) groups is 1. The van der Waals surface area contributed by atoms with Crippen molar-refractivity contribution in [3.05, 3.63) is 65.7 Å². The van der Waals surface area contributed by atoms with Crippen molar-refractivity contribution in [2.45, 2.75) is 19.4 Å². The molecule has 0 unspecified atom stereocenters. The number of nitrogens with one attached hydrogen (secondary N) is 1. The quantitative estimate of drug-likeness (QED) is 0.878. The first-order valence-corrected chi connectivity index (χ1v) is 8.93. The number of methoxy groups -OCH3 is 1. The van der Waals surface area contributed by atoms with Gasteiger partial charge in [-0.3, -0.25) is 9.69 Å².